The van der Waals surface area contributed by atoms with Crippen LogP contribution in [0.25, 0.3) is 0 Å². The second kappa shape index (κ2) is 9.82. The van der Waals surface area contributed by atoms with Gasteiger partial charge in [0.05, 0.1) is 7.11 Å². The van der Waals surface area contributed by atoms with Gasteiger partial charge in [-0.2, -0.15) is 0 Å². The van der Waals surface area contributed by atoms with Crippen LogP contribution in [-0.4, -0.2) is 51.1 Å². The van der Waals surface area contributed by atoms with Crippen LogP contribution >= 0.6 is 0 Å². The highest BCUT2D eigenvalue weighted by molar-refractivity contribution is 5.79. The number of hydrogen-bond acceptors (Lipinski definition) is 3. The van der Waals surface area contributed by atoms with E-state index < -0.39 is 0 Å². The molecule has 0 radical (unpaired) electrons. The Morgan fingerprint density at radius 1 is 0.885 bits per heavy atom. The van der Waals surface area contributed by atoms with Crippen molar-refractivity contribution in [1.82, 2.24) is 15.1 Å². The highest BCUT2D eigenvalue weighted by atomic mass is 16.5. The Morgan fingerprint density at radius 3 is 1.96 bits per heavy atom. The lowest BCUT2D eigenvalue weighted by Crippen LogP contribution is -2.38. The molecule has 5 heteroatoms. The topological polar surface area (TPSA) is 40.1 Å². The van der Waals surface area contributed by atoms with Crippen molar-refractivity contribution >= 4 is 5.96 Å². The standard InChI is InChI=1S/C21H30N4O/c1-22-21(25(4)16-19-10-12-20(26-5)13-11-19)23-14-17-6-8-18(9-7-17)15-24(2)3/h6-13H,14-16H2,1-5H3,(H,22,23). The number of nitrogens with zero attached hydrogens (tertiary/aromatic N) is 3. The van der Waals surface area contributed by atoms with E-state index in [0.29, 0.717) is 0 Å². The molecule has 2 rings (SSSR count). The Hall–Kier alpha value is -2.53. The van der Waals surface area contributed by atoms with E-state index in [-0.39, 0.29) is 0 Å². The van der Waals surface area contributed by atoms with Crippen LogP contribution < -0.4 is 10.1 Å². The number of rotatable bonds is 7. The van der Waals surface area contributed by atoms with Crippen LogP contribution in [0.5, 0.6) is 5.75 Å². The summed E-state index contributed by atoms with van der Waals surface area (Å²) in [6.45, 7) is 2.49. The van der Waals surface area contributed by atoms with Gasteiger partial charge in [-0.1, -0.05) is 36.4 Å². The highest BCUT2D eigenvalue weighted by Gasteiger charge is 2.07. The molecule has 0 aliphatic rings. The second-order valence-electron chi connectivity index (χ2n) is 6.66. The number of methoxy groups -OCH3 is 1. The summed E-state index contributed by atoms with van der Waals surface area (Å²) in [5.41, 5.74) is 3.77. The molecule has 26 heavy (non-hydrogen) atoms. The van der Waals surface area contributed by atoms with E-state index in [4.69, 9.17) is 4.74 Å². The minimum atomic E-state index is 0.752. The maximum atomic E-state index is 5.21. The molecule has 0 aromatic heterocycles. The molecule has 0 aliphatic carbocycles. The molecule has 0 saturated carbocycles. The van der Waals surface area contributed by atoms with Crippen LogP contribution in [0, 0.1) is 0 Å². The average Bonchev–Trinajstić information content (AvgIpc) is 2.63. The first-order valence-electron chi connectivity index (χ1n) is 8.79. The van der Waals surface area contributed by atoms with Crippen LogP contribution in [0.2, 0.25) is 0 Å². The largest absolute Gasteiger partial charge is 0.497 e. The van der Waals surface area contributed by atoms with Gasteiger partial charge in [-0.25, -0.2) is 0 Å². The minimum Gasteiger partial charge on any atom is -0.497 e. The summed E-state index contributed by atoms with van der Waals surface area (Å²) in [4.78, 5) is 8.67. The smallest absolute Gasteiger partial charge is 0.193 e. The van der Waals surface area contributed by atoms with E-state index in [1.54, 1.807) is 7.11 Å². The van der Waals surface area contributed by atoms with Gasteiger partial charge in [0.1, 0.15) is 5.75 Å². The van der Waals surface area contributed by atoms with Gasteiger partial charge in [-0.15, -0.1) is 0 Å². The Bertz CT molecular complexity index is 693. The van der Waals surface area contributed by atoms with Gasteiger partial charge in [0.2, 0.25) is 0 Å². The quantitative estimate of drug-likeness (QED) is 0.613. The molecule has 2 aromatic rings. The van der Waals surface area contributed by atoms with E-state index >= 15 is 0 Å². The highest BCUT2D eigenvalue weighted by Crippen LogP contribution is 2.12. The summed E-state index contributed by atoms with van der Waals surface area (Å²) in [7, 11) is 9.70. The first-order valence-corrected chi connectivity index (χ1v) is 8.79. The molecule has 0 unspecified atom stereocenters. The Labute approximate surface area is 157 Å². The van der Waals surface area contributed by atoms with Crippen molar-refractivity contribution in [2.24, 2.45) is 4.99 Å². The first-order chi connectivity index (χ1) is 12.5. The van der Waals surface area contributed by atoms with Gasteiger partial charge >= 0.3 is 0 Å². The summed E-state index contributed by atoms with van der Waals surface area (Å²) < 4.78 is 5.21. The van der Waals surface area contributed by atoms with Crippen molar-refractivity contribution in [2.45, 2.75) is 19.6 Å². The van der Waals surface area contributed by atoms with Crippen molar-refractivity contribution in [3.8, 4) is 5.75 Å². The van der Waals surface area contributed by atoms with Gasteiger partial charge in [-0.05, 0) is 42.9 Å². The number of guanidine groups is 1. The molecule has 0 spiro atoms. The third-order valence-electron chi connectivity index (χ3n) is 4.12. The summed E-state index contributed by atoms with van der Waals surface area (Å²) >= 11 is 0. The van der Waals surface area contributed by atoms with Crippen molar-refractivity contribution in [3.63, 3.8) is 0 Å². The van der Waals surface area contributed by atoms with E-state index in [1.807, 2.05) is 26.2 Å². The van der Waals surface area contributed by atoms with Crippen molar-refractivity contribution in [3.05, 3.63) is 65.2 Å². The zero-order valence-electron chi connectivity index (χ0n) is 16.5. The van der Waals surface area contributed by atoms with Gasteiger partial charge in [0.25, 0.3) is 0 Å². The van der Waals surface area contributed by atoms with Crippen molar-refractivity contribution in [2.75, 3.05) is 35.3 Å². The maximum absolute atomic E-state index is 5.21. The summed E-state index contributed by atoms with van der Waals surface area (Å²) in [5.74, 6) is 1.75. The molecule has 5 nitrogen and oxygen atoms in total. The zero-order chi connectivity index (χ0) is 18.9. The van der Waals surface area contributed by atoms with E-state index in [2.05, 4.69) is 70.6 Å². The lowest BCUT2D eigenvalue weighted by atomic mass is 10.1. The number of benzene rings is 2. The van der Waals surface area contributed by atoms with Crippen LogP contribution in [-0.2, 0) is 19.6 Å². The fourth-order valence-corrected chi connectivity index (χ4v) is 2.77. The molecule has 0 bridgehead atoms. The van der Waals surface area contributed by atoms with E-state index in [9.17, 15) is 0 Å². The molecule has 1 N–H and O–H groups in total. The van der Waals surface area contributed by atoms with E-state index in [1.165, 1.54) is 16.7 Å². The monoisotopic (exact) mass is 354 g/mol. The molecule has 0 heterocycles. The molecular weight excluding hydrogens is 324 g/mol. The fourth-order valence-electron chi connectivity index (χ4n) is 2.77. The van der Waals surface area contributed by atoms with Crippen LogP contribution in [0.15, 0.2) is 53.5 Å². The zero-order valence-corrected chi connectivity index (χ0v) is 16.5. The van der Waals surface area contributed by atoms with Gasteiger partial charge in [0.15, 0.2) is 5.96 Å². The van der Waals surface area contributed by atoms with Crippen molar-refractivity contribution in [1.29, 1.82) is 0 Å². The van der Waals surface area contributed by atoms with Crippen LogP contribution in [0.1, 0.15) is 16.7 Å². The number of nitrogens with one attached hydrogen (secondary N) is 1. The van der Waals surface area contributed by atoms with E-state index in [0.717, 1.165) is 31.3 Å². The predicted octanol–water partition coefficient (Wildman–Crippen LogP) is 2.96. The second-order valence-corrected chi connectivity index (χ2v) is 6.66. The molecule has 0 amide bonds. The van der Waals surface area contributed by atoms with Crippen molar-refractivity contribution < 1.29 is 4.74 Å². The number of hydrogen-bond donors (Lipinski definition) is 1. The third kappa shape index (κ3) is 6.08. The summed E-state index contributed by atoms with van der Waals surface area (Å²) in [5, 5.41) is 3.43. The Balaban J connectivity index is 1.89. The molecule has 0 saturated heterocycles. The Morgan fingerprint density at radius 2 is 1.42 bits per heavy atom. The summed E-state index contributed by atoms with van der Waals surface area (Å²) in [6.07, 6.45) is 0. The lowest BCUT2D eigenvalue weighted by molar-refractivity contribution is 0.402. The number of aliphatic imine (C=N–C) groups is 1. The normalized spacial score (nSPS) is 11.5. The molecule has 0 fully saturated rings. The molecule has 0 atom stereocenters. The maximum Gasteiger partial charge on any atom is 0.193 e. The van der Waals surface area contributed by atoms with Gasteiger partial charge < -0.3 is 19.9 Å². The fraction of sp³-hybridized carbons (Fsp3) is 0.381. The third-order valence-corrected chi connectivity index (χ3v) is 4.12. The lowest BCUT2D eigenvalue weighted by Gasteiger charge is -2.22. The molecule has 2 aromatic carbocycles. The van der Waals surface area contributed by atoms with Crippen LogP contribution in [0.4, 0.5) is 0 Å². The predicted molar refractivity (Wildman–Crippen MR) is 108 cm³/mol. The number of ether oxygens (including phenoxy) is 1. The van der Waals surface area contributed by atoms with Gasteiger partial charge in [0, 0.05) is 33.7 Å². The minimum absolute atomic E-state index is 0.752. The summed E-state index contributed by atoms with van der Waals surface area (Å²) in [6, 6.07) is 16.8. The van der Waals surface area contributed by atoms with Crippen LogP contribution in [0.3, 0.4) is 0 Å². The van der Waals surface area contributed by atoms with Gasteiger partial charge in [-0.3, -0.25) is 4.99 Å². The molecule has 0 aliphatic heterocycles. The molecular formula is C21H30N4O. The first kappa shape index (κ1) is 19.8. The average molecular weight is 354 g/mol. The SMILES string of the molecule is CN=C(NCc1ccc(CN(C)C)cc1)N(C)Cc1ccc(OC)cc1. The molecule has 140 valence electrons. The Kier molecular flexibility index (Phi) is 7.48.